The zero-order valence-corrected chi connectivity index (χ0v) is 15.6. The summed E-state index contributed by atoms with van der Waals surface area (Å²) in [5.41, 5.74) is 5.64. The highest BCUT2D eigenvalue weighted by molar-refractivity contribution is 7.11. The van der Waals surface area contributed by atoms with Gasteiger partial charge in [0, 0.05) is 22.5 Å². The molecule has 0 amide bonds. The van der Waals surface area contributed by atoms with Crippen LogP contribution in [-0.4, -0.2) is 16.1 Å². The minimum absolute atomic E-state index is 0.0383. The molecule has 1 aromatic heterocycles. The Morgan fingerprint density at radius 2 is 1.82 bits per heavy atom. The van der Waals surface area contributed by atoms with Crippen molar-refractivity contribution in [3.8, 4) is 11.3 Å². The van der Waals surface area contributed by atoms with Crippen LogP contribution in [0.2, 0.25) is 5.02 Å². The third-order valence-electron chi connectivity index (χ3n) is 3.40. The summed E-state index contributed by atoms with van der Waals surface area (Å²) in [7, 11) is 0. The van der Waals surface area contributed by atoms with Gasteiger partial charge < -0.3 is 10.8 Å². The number of thiazole rings is 1. The van der Waals surface area contributed by atoms with Crippen LogP contribution < -0.4 is 5.73 Å². The molecule has 3 N–H and O–H groups in total. The summed E-state index contributed by atoms with van der Waals surface area (Å²) in [6.45, 7) is -0.0383. The van der Waals surface area contributed by atoms with Gasteiger partial charge in [-0.3, -0.25) is 0 Å². The smallest absolute Gasteiger partial charge is 0.419 e. The minimum Gasteiger partial charge on any atom is -0.476 e. The molecule has 0 saturated heterocycles. The lowest BCUT2D eigenvalue weighted by Crippen LogP contribution is -2.09. The molecular weight excluding hydrogens is 420 g/mol. The van der Waals surface area contributed by atoms with Gasteiger partial charge >= 0.3 is 12.1 Å². The highest BCUT2D eigenvalue weighted by Crippen LogP contribution is 2.31. The van der Waals surface area contributed by atoms with E-state index >= 15 is 0 Å². The van der Waals surface area contributed by atoms with E-state index in [0.29, 0.717) is 10.7 Å². The maximum atomic E-state index is 12.6. The maximum Gasteiger partial charge on any atom is 0.419 e. The summed E-state index contributed by atoms with van der Waals surface area (Å²) in [4.78, 5) is 14.6. The number of carboxylic acids is 1. The van der Waals surface area contributed by atoms with E-state index in [1.165, 1.54) is 6.07 Å². The Labute approximate surface area is 166 Å². The molecule has 28 heavy (non-hydrogen) atoms. The lowest BCUT2D eigenvalue weighted by Gasteiger charge is -2.08. The topological polar surface area (TPSA) is 76.2 Å². The van der Waals surface area contributed by atoms with Gasteiger partial charge in [-0.2, -0.15) is 13.2 Å². The normalized spacial score (nSPS) is 10.9. The van der Waals surface area contributed by atoms with Gasteiger partial charge in [-0.05, 0) is 29.8 Å². The highest BCUT2D eigenvalue weighted by atomic mass is 35.5. The molecule has 0 radical (unpaired) electrons. The maximum absolute atomic E-state index is 12.6. The molecule has 148 valence electrons. The molecule has 0 unspecified atom stereocenters. The summed E-state index contributed by atoms with van der Waals surface area (Å²) < 4.78 is 48.9. The third kappa shape index (κ3) is 5.75. The van der Waals surface area contributed by atoms with Crippen LogP contribution in [0.3, 0.4) is 0 Å². The van der Waals surface area contributed by atoms with Crippen molar-refractivity contribution in [2.24, 2.45) is 5.73 Å². The van der Waals surface area contributed by atoms with Gasteiger partial charge in [0.2, 0.25) is 5.01 Å². The molecule has 0 saturated carbocycles. The van der Waals surface area contributed by atoms with Gasteiger partial charge in [0.15, 0.2) is 0 Å². The predicted molar refractivity (Wildman–Crippen MR) is 98.8 cm³/mol. The molecule has 0 aliphatic carbocycles. The van der Waals surface area contributed by atoms with E-state index in [-0.39, 0.29) is 17.1 Å². The second kappa shape index (κ2) is 9.13. The molecule has 0 aliphatic rings. The SMILES string of the molecule is NCc1ccc(F)c(C(F)(F)F)c1.O=C(O)c1nc(-c2ccc(Cl)cc2)cs1. The van der Waals surface area contributed by atoms with Crippen molar-refractivity contribution >= 4 is 28.9 Å². The number of aromatic carboxylic acids is 1. The molecular formula is C18H13ClF4N2O2S. The second-order valence-electron chi connectivity index (χ2n) is 5.37. The van der Waals surface area contributed by atoms with E-state index in [1.807, 2.05) is 12.1 Å². The first kappa shape index (κ1) is 21.8. The zero-order chi connectivity index (χ0) is 20.9. The van der Waals surface area contributed by atoms with Crippen molar-refractivity contribution in [1.29, 1.82) is 0 Å². The number of aromatic nitrogens is 1. The molecule has 3 aromatic rings. The predicted octanol–water partition coefficient (Wildman–Crippen LogP) is 5.46. The Bertz CT molecular complexity index is 959. The van der Waals surface area contributed by atoms with E-state index < -0.39 is 23.5 Å². The number of nitrogens with zero attached hydrogens (tertiary/aromatic N) is 1. The number of hydrogen-bond donors (Lipinski definition) is 2. The number of rotatable bonds is 3. The van der Waals surface area contributed by atoms with Crippen LogP contribution in [0, 0.1) is 5.82 Å². The highest BCUT2D eigenvalue weighted by Gasteiger charge is 2.33. The Morgan fingerprint density at radius 3 is 2.32 bits per heavy atom. The van der Waals surface area contributed by atoms with Crippen molar-refractivity contribution in [1.82, 2.24) is 4.98 Å². The van der Waals surface area contributed by atoms with E-state index in [0.717, 1.165) is 29.0 Å². The van der Waals surface area contributed by atoms with Crippen LogP contribution in [0.25, 0.3) is 11.3 Å². The number of hydrogen-bond acceptors (Lipinski definition) is 4. The lowest BCUT2D eigenvalue weighted by atomic mass is 10.1. The molecule has 1 heterocycles. The van der Waals surface area contributed by atoms with E-state index in [2.05, 4.69) is 4.98 Å². The summed E-state index contributed by atoms with van der Waals surface area (Å²) >= 11 is 6.86. The van der Waals surface area contributed by atoms with E-state index in [1.54, 1.807) is 17.5 Å². The van der Waals surface area contributed by atoms with Gasteiger partial charge in [-0.25, -0.2) is 14.2 Å². The molecule has 0 atom stereocenters. The van der Waals surface area contributed by atoms with Gasteiger partial charge in [0.05, 0.1) is 11.3 Å². The van der Waals surface area contributed by atoms with Crippen LogP contribution >= 0.6 is 22.9 Å². The van der Waals surface area contributed by atoms with Gasteiger partial charge in [-0.15, -0.1) is 11.3 Å². The van der Waals surface area contributed by atoms with Crippen LogP contribution in [0.5, 0.6) is 0 Å². The summed E-state index contributed by atoms with van der Waals surface area (Å²) in [6.07, 6.45) is -4.66. The molecule has 0 aliphatic heterocycles. The van der Waals surface area contributed by atoms with Gasteiger partial charge in [0.1, 0.15) is 5.82 Å². The number of alkyl halides is 3. The van der Waals surface area contributed by atoms with Crippen molar-refractivity contribution in [3.05, 3.63) is 74.8 Å². The number of halogens is 5. The molecule has 0 bridgehead atoms. The number of benzene rings is 2. The third-order valence-corrected chi connectivity index (χ3v) is 4.48. The zero-order valence-electron chi connectivity index (χ0n) is 14.0. The van der Waals surface area contributed by atoms with Crippen LogP contribution in [0.1, 0.15) is 20.9 Å². The number of nitrogens with two attached hydrogens (primary N) is 1. The van der Waals surface area contributed by atoms with Crippen molar-refractivity contribution in [2.75, 3.05) is 0 Å². The first-order chi connectivity index (χ1) is 13.1. The first-order valence-electron chi connectivity index (χ1n) is 7.62. The molecule has 2 aromatic carbocycles. The molecule has 0 fully saturated rings. The summed E-state index contributed by atoms with van der Waals surface area (Å²) in [5.74, 6) is -2.27. The second-order valence-corrected chi connectivity index (χ2v) is 6.66. The average Bonchev–Trinajstić information content (AvgIpc) is 3.13. The quantitative estimate of drug-likeness (QED) is 0.538. The van der Waals surface area contributed by atoms with Gasteiger partial charge in [0.25, 0.3) is 0 Å². The minimum atomic E-state index is -4.66. The number of carboxylic acid groups (broad SMARTS) is 1. The fraction of sp³-hybridized carbons (Fsp3) is 0.111. The fourth-order valence-corrected chi connectivity index (χ4v) is 2.83. The number of carbonyl (C=O) groups is 1. The van der Waals surface area contributed by atoms with Crippen LogP contribution in [0.15, 0.2) is 47.8 Å². The Kier molecular flexibility index (Phi) is 7.11. The van der Waals surface area contributed by atoms with Crippen molar-refractivity contribution in [3.63, 3.8) is 0 Å². The molecule has 3 rings (SSSR count). The molecule has 4 nitrogen and oxygen atoms in total. The van der Waals surface area contributed by atoms with E-state index in [9.17, 15) is 22.4 Å². The Hall–Kier alpha value is -2.49. The Balaban J connectivity index is 0.000000203. The monoisotopic (exact) mass is 432 g/mol. The summed E-state index contributed by atoms with van der Waals surface area (Å²) in [5, 5.41) is 11.2. The molecule has 0 spiro atoms. The fourth-order valence-electron chi connectivity index (χ4n) is 2.04. The van der Waals surface area contributed by atoms with Crippen LogP contribution in [-0.2, 0) is 12.7 Å². The Morgan fingerprint density at radius 1 is 1.18 bits per heavy atom. The standard InChI is InChI=1S/C10H6ClNO2S.C8H7F4N/c11-7-3-1-6(2-4-7)8-5-15-9(12-8)10(13)14;9-7-2-1-5(4-13)3-6(7)8(10,11)12/h1-5H,(H,13,14);1-3H,4,13H2. The van der Waals surface area contributed by atoms with Crippen molar-refractivity contribution in [2.45, 2.75) is 12.7 Å². The molecule has 10 heteroatoms. The summed E-state index contributed by atoms with van der Waals surface area (Å²) in [6, 6.07) is 9.82. The van der Waals surface area contributed by atoms with E-state index in [4.69, 9.17) is 22.4 Å². The lowest BCUT2D eigenvalue weighted by molar-refractivity contribution is -0.140. The first-order valence-corrected chi connectivity index (χ1v) is 8.88. The van der Waals surface area contributed by atoms with Crippen molar-refractivity contribution < 1.29 is 27.5 Å². The largest absolute Gasteiger partial charge is 0.476 e. The van der Waals surface area contributed by atoms with Gasteiger partial charge in [-0.1, -0.05) is 29.8 Å². The average molecular weight is 433 g/mol. The van der Waals surface area contributed by atoms with Crippen LogP contribution in [0.4, 0.5) is 17.6 Å².